The van der Waals surface area contributed by atoms with Crippen molar-refractivity contribution in [2.75, 3.05) is 5.73 Å². The minimum absolute atomic E-state index is 0.143. The fraction of sp³-hybridized carbons (Fsp3) is 0.250. The first-order valence-corrected chi connectivity index (χ1v) is 5.28. The summed E-state index contributed by atoms with van der Waals surface area (Å²) in [6, 6.07) is 3.39. The van der Waals surface area contributed by atoms with Crippen LogP contribution >= 0.6 is 0 Å². The van der Waals surface area contributed by atoms with Crippen LogP contribution in [0.5, 0.6) is 0 Å². The van der Waals surface area contributed by atoms with Gasteiger partial charge in [0.25, 0.3) is 0 Å². The number of anilines is 1. The maximum absolute atomic E-state index is 13.1. The van der Waals surface area contributed by atoms with Crippen molar-refractivity contribution in [1.29, 1.82) is 0 Å². The van der Waals surface area contributed by atoms with Crippen LogP contribution in [0.15, 0.2) is 24.4 Å². The Bertz CT molecular complexity index is 526. The first kappa shape index (κ1) is 11.6. The monoisotopic (exact) mass is 237 g/mol. The molecule has 0 unspecified atom stereocenters. The first-order chi connectivity index (χ1) is 7.97. The summed E-state index contributed by atoms with van der Waals surface area (Å²) in [5.74, 6) is -1.28. The molecular weight excluding hydrogens is 224 g/mol. The number of rotatable bonds is 2. The van der Waals surface area contributed by atoms with E-state index in [1.165, 1.54) is 12.1 Å². The molecule has 0 saturated heterocycles. The molecule has 0 atom stereocenters. The minimum Gasteiger partial charge on any atom is -0.396 e. The molecule has 0 aliphatic rings. The summed E-state index contributed by atoms with van der Waals surface area (Å²) >= 11 is 0. The summed E-state index contributed by atoms with van der Waals surface area (Å²) < 4.78 is 27.9. The molecule has 5 heteroatoms. The number of hydrogen-bond donors (Lipinski definition) is 1. The Kier molecular flexibility index (Phi) is 2.83. The third-order valence-electron chi connectivity index (χ3n) is 2.43. The van der Waals surface area contributed by atoms with Crippen molar-refractivity contribution >= 4 is 5.69 Å². The SMILES string of the molecule is CC(C)n1cc(N)c(-c2cc(F)cc(F)c2)n1. The molecule has 0 spiro atoms. The van der Waals surface area contributed by atoms with Crippen LogP contribution in [0.25, 0.3) is 11.3 Å². The highest BCUT2D eigenvalue weighted by Crippen LogP contribution is 2.26. The Morgan fingerprint density at radius 2 is 1.76 bits per heavy atom. The Hall–Kier alpha value is -1.91. The van der Waals surface area contributed by atoms with Gasteiger partial charge >= 0.3 is 0 Å². The summed E-state index contributed by atoms with van der Waals surface area (Å²) in [7, 11) is 0. The van der Waals surface area contributed by atoms with Gasteiger partial charge in [0.15, 0.2) is 0 Å². The predicted octanol–water partition coefficient (Wildman–Crippen LogP) is 2.99. The van der Waals surface area contributed by atoms with Crippen LogP contribution in [0.3, 0.4) is 0 Å². The van der Waals surface area contributed by atoms with Gasteiger partial charge in [-0.1, -0.05) is 0 Å². The molecule has 1 aromatic heterocycles. The number of halogens is 2. The van der Waals surface area contributed by atoms with Gasteiger partial charge in [-0.3, -0.25) is 4.68 Å². The number of nitrogen functional groups attached to an aromatic ring is 1. The Morgan fingerprint density at radius 1 is 1.18 bits per heavy atom. The van der Waals surface area contributed by atoms with Gasteiger partial charge < -0.3 is 5.73 Å². The highest BCUT2D eigenvalue weighted by molar-refractivity contribution is 5.71. The van der Waals surface area contributed by atoms with Crippen LogP contribution < -0.4 is 5.73 Å². The summed E-state index contributed by atoms with van der Waals surface area (Å²) in [6.45, 7) is 3.89. The van der Waals surface area contributed by atoms with Crippen molar-refractivity contribution in [3.63, 3.8) is 0 Å². The first-order valence-electron chi connectivity index (χ1n) is 5.28. The fourth-order valence-corrected chi connectivity index (χ4v) is 1.59. The number of nitrogens with two attached hydrogens (primary N) is 1. The molecule has 0 saturated carbocycles. The zero-order valence-corrected chi connectivity index (χ0v) is 9.61. The van der Waals surface area contributed by atoms with Crippen LogP contribution in [0.4, 0.5) is 14.5 Å². The minimum atomic E-state index is -0.640. The third-order valence-corrected chi connectivity index (χ3v) is 2.43. The largest absolute Gasteiger partial charge is 0.396 e. The molecule has 0 amide bonds. The van der Waals surface area contributed by atoms with E-state index >= 15 is 0 Å². The van der Waals surface area contributed by atoms with E-state index in [-0.39, 0.29) is 6.04 Å². The zero-order chi connectivity index (χ0) is 12.6. The van der Waals surface area contributed by atoms with Gasteiger partial charge in [-0.2, -0.15) is 5.10 Å². The number of benzene rings is 1. The van der Waals surface area contributed by atoms with Gasteiger partial charge in [-0.15, -0.1) is 0 Å². The second-order valence-corrected chi connectivity index (χ2v) is 4.16. The Labute approximate surface area is 97.9 Å². The fourth-order valence-electron chi connectivity index (χ4n) is 1.59. The van der Waals surface area contributed by atoms with E-state index < -0.39 is 11.6 Å². The molecule has 0 fully saturated rings. The summed E-state index contributed by atoms with van der Waals surface area (Å²) in [4.78, 5) is 0. The van der Waals surface area contributed by atoms with Gasteiger partial charge in [-0.25, -0.2) is 8.78 Å². The molecular formula is C12H13F2N3. The summed E-state index contributed by atoms with van der Waals surface area (Å²) in [5.41, 5.74) is 6.94. The van der Waals surface area contributed by atoms with Gasteiger partial charge in [0.2, 0.25) is 0 Å². The predicted molar refractivity (Wildman–Crippen MR) is 62.4 cm³/mol. The van der Waals surface area contributed by atoms with E-state index in [2.05, 4.69) is 5.10 Å². The quantitative estimate of drug-likeness (QED) is 0.872. The second-order valence-electron chi connectivity index (χ2n) is 4.16. The smallest absolute Gasteiger partial charge is 0.126 e. The lowest BCUT2D eigenvalue weighted by Crippen LogP contribution is -2.00. The van der Waals surface area contributed by atoms with Crippen molar-refractivity contribution in [1.82, 2.24) is 9.78 Å². The second kappa shape index (κ2) is 4.16. The van der Waals surface area contributed by atoms with Gasteiger partial charge in [-0.05, 0) is 26.0 Å². The molecule has 1 heterocycles. The van der Waals surface area contributed by atoms with Crippen LogP contribution in [-0.4, -0.2) is 9.78 Å². The highest BCUT2D eigenvalue weighted by atomic mass is 19.1. The van der Waals surface area contributed by atoms with Crippen molar-refractivity contribution in [2.24, 2.45) is 0 Å². The lowest BCUT2D eigenvalue weighted by atomic mass is 10.1. The average Bonchev–Trinajstić information content (AvgIpc) is 2.59. The molecule has 2 N–H and O–H groups in total. The number of aromatic nitrogens is 2. The molecule has 1 aromatic carbocycles. The van der Waals surface area contributed by atoms with E-state index in [0.717, 1.165) is 6.07 Å². The van der Waals surface area contributed by atoms with Crippen LogP contribution in [0.1, 0.15) is 19.9 Å². The lowest BCUT2D eigenvalue weighted by molar-refractivity contribution is 0.534. The maximum Gasteiger partial charge on any atom is 0.126 e. The van der Waals surface area contributed by atoms with E-state index in [1.54, 1.807) is 10.9 Å². The Morgan fingerprint density at radius 3 is 2.24 bits per heavy atom. The maximum atomic E-state index is 13.1. The highest BCUT2D eigenvalue weighted by Gasteiger charge is 2.12. The van der Waals surface area contributed by atoms with Crippen molar-refractivity contribution < 1.29 is 8.78 Å². The normalized spacial score (nSPS) is 11.1. The molecule has 90 valence electrons. The summed E-state index contributed by atoms with van der Waals surface area (Å²) in [6.07, 6.45) is 1.66. The average molecular weight is 237 g/mol. The van der Waals surface area contributed by atoms with E-state index in [0.29, 0.717) is 16.9 Å². The molecule has 0 bridgehead atoms. The topological polar surface area (TPSA) is 43.8 Å². The van der Waals surface area contributed by atoms with Gasteiger partial charge in [0.1, 0.15) is 17.3 Å². The van der Waals surface area contributed by atoms with Crippen molar-refractivity contribution in [3.05, 3.63) is 36.0 Å². The van der Waals surface area contributed by atoms with E-state index in [1.807, 2.05) is 13.8 Å². The van der Waals surface area contributed by atoms with Crippen LogP contribution in [-0.2, 0) is 0 Å². The standard InChI is InChI=1S/C12H13F2N3/c1-7(2)17-6-11(15)12(16-17)8-3-9(13)5-10(14)4-8/h3-7H,15H2,1-2H3. The van der Waals surface area contributed by atoms with Crippen molar-refractivity contribution in [2.45, 2.75) is 19.9 Å². The third kappa shape index (κ3) is 2.27. The number of hydrogen-bond acceptors (Lipinski definition) is 2. The lowest BCUT2D eigenvalue weighted by Gasteiger charge is -2.03. The molecule has 0 aliphatic heterocycles. The van der Waals surface area contributed by atoms with Crippen LogP contribution in [0, 0.1) is 11.6 Å². The zero-order valence-electron chi connectivity index (χ0n) is 9.61. The molecule has 0 radical (unpaired) electrons. The molecule has 17 heavy (non-hydrogen) atoms. The van der Waals surface area contributed by atoms with Gasteiger partial charge in [0, 0.05) is 23.9 Å². The van der Waals surface area contributed by atoms with Crippen LogP contribution in [0.2, 0.25) is 0 Å². The number of nitrogens with zero attached hydrogens (tertiary/aromatic N) is 2. The molecule has 2 rings (SSSR count). The molecule has 0 aliphatic carbocycles. The summed E-state index contributed by atoms with van der Waals surface area (Å²) in [5, 5.41) is 4.22. The molecule has 2 aromatic rings. The van der Waals surface area contributed by atoms with E-state index in [9.17, 15) is 8.78 Å². The van der Waals surface area contributed by atoms with Crippen molar-refractivity contribution in [3.8, 4) is 11.3 Å². The van der Waals surface area contributed by atoms with Gasteiger partial charge in [0.05, 0.1) is 5.69 Å². The van der Waals surface area contributed by atoms with E-state index in [4.69, 9.17) is 5.73 Å². The molecule has 3 nitrogen and oxygen atoms in total. The Balaban J connectivity index is 2.52.